The Labute approximate surface area is 233 Å². The van der Waals surface area contributed by atoms with Crippen molar-refractivity contribution in [3.05, 3.63) is 81.4 Å². The molecule has 2 aliphatic rings. The monoisotopic (exact) mass is 543 g/mol. The second kappa shape index (κ2) is 11.9. The molecule has 1 N–H and O–H groups in total. The summed E-state index contributed by atoms with van der Waals surface area (Å²) in [6, 6.07) is 16.1. The Morgan fingerprint density at radius 3 is 2.75 bits per heavy atom. The molecule has 10 heteroatoms. The van der Waals surface area contributed by atoms with Crippen LogP contribution in [0, 0.1) is 0 Å². The number of H-pyrrole nitrogens is 1. The van der Waals surface area contributed by atoms with E-state index in [1.54, 1.807) is 7.11 Å². The van der Waals surface area contributed by atoms with Crippen LogP contribution in [0.5, 0.6) is 5.75 Å². The number of hydrogen-bond acceptors (Lipinski definition) is 8. The van der Waals surface area contributed by atoms with Crippen LogP contribution < -0.4 is 10.3 Å². The molecule has 2 aromatic carbocycles. The molecule has 0 aliphatic carbocycles. The van der Waals surface area contributed by atoms with Gasteiger partial charge in [-0.15, -0.1) is 5.10 Å². The highest BCUT2D eigenvalue weighted by atomic mass is 16.5. The van der Waals surface area contributed by atoms with Crippen molar-refractivity contribution in [3.8, 4) is 5.75 Å². The van der Waals surface area contributed by atoms with Gasteiger partial charge in [-0.05, 0) is 76.5 Å². The van der Waals surface area contributed by atoms with Crippen LogP contribution in [0.4, 0.5) is 0 Å². The van der Waals surface area contributed by atoms with Gasteiger partial charge in [0.1, 0.15) is 11.8 Å². The normalized spacial score (nSPS) is 19.3. The highest BCUT2D eigenvalue weighted by molar-refractivity contribution is 5.80. The molecule has 4 aromatic rings. The number of methoxy groups -OCH3 is 1. The van der Waals surface area contributed by atoms with Gasteiger partial charge in [-0.25, -0.2) is 4.68 Å². The number of aryl methyl sites for hydroxylation is 1. The van der Waals surface area contributed by atoms with Crippen LogP contribution in [-0.2, 0) is 24.2 Å². The molecule has 0 unspecified atom stereocenters. The fourth-order valence-electron chi connectivity index (χ4n) is 5.92. The minimum atomic E-state index is -0.367. The van der Waals surface area contributed by atoms with Crippen molar-refractivity contribution in [2.24, 2.45) is 0 Å². The molecular weight excluding hydrogens is 506 g/mol. The van der Waals surface area contributed by atoms with Gasteiger partial charge in [0.25, 0.3) is 5.56 Å². The van der Waals surface area contributed by atoms with Gasteiger partial charge in [0.2, 0.25) is 0 Å². The number of fused-ring (bicyclic) bond motifs is 1. The molecule has 40 heavy (non-hydrogen) atoms. The Morgan fingerprint density at radius 2 is 1.98 bits per heavy atom. The molecule has 4 heterocycles. The third kappa shape index (κ3) is 5.65. The first-order chi connectivity index (χ1) is 19.6. The molecule has 6 rings (SSSR count). The van der Waals surface area contributed by atoms with Crippen molar-refractivity contribution in [2.75, 3.05) is 39.9 Å². The second-order valence-corrected chi connectivity index (χ2v) is 10.7. The molecule has 10 nitrogen and oxygen atoms in total. The molecule has 0 radical (unpaired) electrons. The number of pyridine rings is 1. The molecule has 210 valence electrons. The fraction of sp³-hybridized carbons (Fsp3) is 0.467. The van der Waals surface area contributed by atoms with Crippen molar-refractivity contribution < 1.29 is 9.47 Å². The van der Waals surface area contributed by atoms with Gasteiger partial charge < -0.3 is 14.5 Å². The zero-order valence-corrected chi connectivity index (χ0v) is 23.3. The Hall–Kier alpha value is -3.60. The average Bonchev–Trinajstić information content (AvgIpc) is 3.67. The van der Waals surface area contributed by atoms with Crippen LogP contribution in [0.3, 0.4) is 0 Å². The zero-order chi connectivity index (χ0) is 27.5. The smallest absolute Gasteiger partial charge is 0.253 e. The number of hydrogen-bond donors (Lipinski definition) is 1. The first-order valence-electron chi connectivity index (χ1n) is 14.2. The van der Waals surface area contributed by atoms with Gasteiger partial charge in [-0.2, -0.15) is 0 Å². The van der Waals surface area contributed by atoms with Crippen LogP contribution in [0.25, 0.3) is 10.9 Å². The molecule has 2 atom stereocenters. The standard InChI is InChI=1S/C30H37N7O3/c1-3-21-9-10-27-23(16-21)18-26(30(38)31-27)28(29-32-33-34-37(29)20-25-8-5-15-40-25)36-13-11-35(12-14-36)19-22-6-4-7-24(17-22)39-2/h4,6-7,9-10,16-18,25,28H,3,5,8,11-15,19-20H2,1-2H3,(H,31,38)/t25-,28-/m1/s1. The number of nitrogens with one attached hydrogen (secondary N) is 1. The molecule has 0 bridgehead atoms. The molecule has 0 saturated carbocycles. The lowest BCUT2D eigenvalue weighted by atomic mass is 10.0. The van der Waals surface area contributed by atoms with E-state index < -0.39 is 0 Å². The summed E-state index contributed by atoms with van der Waals surface area (Å²) in [4.78, 5) is 21.5. The molecule has 2 aliphatic heterocycles. The van der Waals surface area contributed by atoms with Crippen molar-refractivity contribution in [1.82, 2.24) is 35.0 Å². The first-order valence-corrected chi connectivity index (χ1v) is 14.2. The molecule has 2 fully saturated rings. The lowest BCUT2D eigenvalue weighted by Crippen LogP contribution is -2.48. The van der Waals surface area contributed by atoms with Crippen LogP contribution in [0.2, 0.25) is 0 Å². The molecule has 2 saturated heterocycles. The highest BCUT2D eigenvalue weighted by Gasteiger charge is 2.33. The number of benzene rings is 2. The Bertz CT molecular complexity index is 1500. The molecule has 0 amide bonds. The summed E-state index contributed by atoms with van der Waals surface area (Å²) in [5.74, 6) is 1.56. The summed E-state index contributed by atoms with van der Waals surface area (Å²) >= 11 is 0. The van der Waals surface area contributed by atoms with E-state index in [1.165, 1.54) is 11.1 Å². The van der Waals surface area contributed by atoms with Crippen molar-refractivity contribution in [1.29, 1.82) is 0 Å². The Balaban J connectivity index is 1.31. The van der Waals surface area contributed by atoms with Gasteiger partial charge in [0, 0.05) is 50.4 Å². The van der Waals surface area contributed by atoms with E-state index in [-0.39, 0.29) is 17.7 Å². The summed E-state index contributed by atoms with van der Waals surface area (Å²) in [5.41, 5.74) is 3.86. The summed E-state index contributed by atoms with van der Waals surface area (Å²) in [6.45, 7) is 7.65. The summed E-state index contributed by atoms with van der Waals surface area (Å²) < 4.78 is 13.1. The summed E-state index contributed by atoms with van der Waals surface area (Å²) in [7, 11) is 1.70. The van der Waals surface area contributed by atoms with E-state index in [4.69, 9.17) is 9.47 Å². The number of piperazine rings is 1. The fourth-order valence-corrected chi connectivity index (χ4v) is 5.92. The Kier molecular flexibility index (Phi) is 7.90. The van der Waals surface area contributed by atoms with Crippen LogP contribution in [0.1, 0.15) is 48.3 Å². The topological polar surface area (TPSA) is 101 Å². The van der Waals surface area contributed by atoms with E-state index in [9.17, 15) is 4.79 Å². The highest BCUT2D eigenvalue weighted by Crippen LogP contribution is 2.29. The third-order valence-electron chi connectivity index (χ3n) is 8.16. The van der Waals surface area contributed by atoms with Crippen molar-refractivity contribution in [3.63, 3.8) is 0 Å². The van der Waals surface area contributed by atoms with Gasteiger partial charge in [-0.3, -0.25) is 14.6 Å². The van der Waals surface area contributed by atoms with Crippen LogP contribution >= 0.6 is 0 Å². The van der Waals surface area contributed by atoms with E-state index in [1.807, 2.05) is 28.9 Å². The van der Waals surface area contributed by atoms with Crippen molar-refractivity contribution in [2.45, 2.75) is 51.4 Å². The number of tetrazole rings is 1. The van der Waals surface area contributed by atoms with Crippen molar-refractivity contribution >= 4 is 10.9 Å². The van der Waals surface area contributed by atoms with E-state index in [0.29, 0.717) is 17.9 Å². The number of rotatable bonds is 9. The summed E-state index contributed by atoms with van der Waals surface area (Å²) in [5, 5.41) is 13.9. The maximum Gasteiger partial charge on any atom is 0.253 e. The number of aromatic nitrogens is 5. The quantitative estimate of drug-likeness (QED) is 0.344. The minimum absolute atomic E-state index is 0.0876. The maximum absolute atomic E-state index is 13.6. The number of aromatic amines is 1. The van der Waals surface area contributed by atoms with E-state index >= 15 is 0 Å². The van der Waals surface area contributed by atoms with Gasteiger partial charge in [0.05, 0.1) is 19.8 Å². The van der Waals surface area contributed by atoms with E-state index in [2.05, 4.69) is 61.5 Å². The molecular formula is C30H37N7O3. The van der Waals surface area contributed by atoms with Crippen LogP contribution in [0.15, 0.2) is 53.3 Å². The first kappa shape index (κ1) is 26.6. The van der Waals surface area contributed by atoms with Gasteiger partial charge in [0.15, 0.2) is 5.82 Å². The molecule has 0 spiro atoms. The average molecular weight is 544 g/mol. The predicted octanol–water partition coefficient (Wildman–Crippen LogP) is 3.17. The largest absolute Gasteiger partial charge is 0.497 e. The third-order valence-corrected chi connectivity index (χ3v) is 8.16. The zero-order valence-electron chi connectivity index (χ0n) is 23.3. The van der Waals surface area contributed by atoms with Gasteiger partial charge in [-0.1, -0.05) is 25.1 Å². The lowest BCUT2D eigenvalue weighted by Gasteiger charge is -2.38. The van der Waals surface area contributed by atoms with Gasteiger partial charge >= 0.3 is 0 Å². The Morgan fingerprint density at radius 1 is 1.10 bits per heavy atom. The number of ether oxygens (including phenoxy) is 2. The lowest BCUT2D eigenvalue weighted by molar-refractivity contribution is 0.0840. The summed E-state index contributed by atoms with van der Waals surface area (Å²) in [6.07, 6.45) is 3.06. The number of nitrogens with zero attached hydrogens (tertiary/aromatic N) is 6. The van der Waals surface area contributed by atoms with E-state index in [0.717, 1.165) is 75.2 Å². The maximum atomic E-state index is 13.6. The van der Waals surface area contributed by atoms with Crippen LogP contribution in [-0.4, -0.2) is 81.0 Å². The molecule has 2 aromatic heterocycles. The SMILES string of the molecule is CCc1ccc2[nH]c(=O)c([C@H](c3nnnn3C[C@H]3CCCO3)N3CCN(Cc4cccc(OC)c4)CC3)cc2c1. The predicted molar refractivity (Wildman–Crippen MR) is 152 cm³/mol. The minimum Gasteiger partial charge on any atom is -0.497 e. The second-order valence-electron chi connectivity index (χ2n) is 10.7.